The van der Waals surface area contributed by atoms with E-state index in [1.165, 1.54) is 5.56 Å². The highest BCUT2D eigenvalue weighted by Gasteiger charge is 2.03. The highest BCUT2D eigenvalue weighted by Crippen LogP contribution is 2.20. The smallest absolute Gasteiger partial charge is 0.124 e. The van der Waals surface area contributed by atoms with E-state index in [-0.39, 0.29) is 0 Å². The summed E-state index contributed by atoms with van der Waals surface area (Å²) in [4.78, 5) is 1.14. The summed E-state index contributed by atoms with van der Waals surface area (Å²) in [6.45, 7) is 3.08. The molecule has 0 aliphatic rings. The van der Waals surface area contributed by atoms with Gasteiger partial charge in [-0.05, 0) is 35.6 Å². The number of thiophene rings is 1. The van der Waals surface area contributed by atoms with Crippen molar-refractivity contribution in [1.29, 1.82) is 0 Å². The Labute approximate surface area is 118 Å². The molecular weight excluding hydrogens is 254 g/mol. The fraction of sp³-hybridized carbons (Fsp3) is 0.250. The molecule has 2 N–H and O–H groups in total. The largest absolute Gasteiger partial charge is 0.488 e. The Kier molecular flexibility index (Phi) is 5.02. The van der Waals surface area contributed by atoms with Gasteiger partial charge in [-0.2, -0.15) is 0 Å². The Morgan fingerprint density at radius 2 is 2.21 bits per heavy atom. The Balaban J connectivity index is 2.04. The predicted molar refractivity (Wildman–Crippen MR) is 80.4 cm³/mol. The van der Waals surface area contributed by atoms with Crippen molar-refractivity contribution in [3.05, 3.63) is 51.7 Å². The van der Waals surface area contributed by atoms with E-state index in [1.807, 2.05) is 23.6 Å². The van der Waals surface area contributed by atoms with Gasteiger partial charge in [0.25, 0.3) is 0 Å². The van der Waals surface area contributed by atoms with Crippen molar-refractivity contribution in [2.75, 3.05) is 6.54 Å². The van der Waals surface area contributed by atoms with Gasteiger partial charge < -0.3 is 10.5 Å². The summed E-state index contributed by atoms with van der Waals surface area (Å²) in [6.07, 6.45) is 1.02. The highest BCUT2D eigenvalue weighted by molar-refractivity contribution is 7.10. The van der Waals surface area contributed by atoms with Gasteiger partial charge >= 0.3 is 0 Å². The van der Waals surface area contributed by atoms with E-state index in [0.29, 0.717) is 13.2 Å². The Morgan fingerprint density at radius 3 is 3.00 bits per heavy atom. The zero-order valence-electron chi connectivity index (χ0n) is 11.0. The average Bonchev–Trinajstić information content (AvgIpc) is 2.90. The average molecular weight is 271 g/mol. The number of nitrogens with two attached hydrogens (primary N) is 1. The maximum atomic E-state index is 5.82. The molecule has 0 bridgehead atoms. The van der Waals surface area contributed by atoms with Gasteiger partial charge in [0.15, 0.2) is 0 Å². The number of rotatable bonds is 4. The quantitative estimate of drug-likeness (QED) is 0.867. The standard InChI is InChI=1S/C16H17NOS/c1-2-13-5-3-7-15(11-13)18-12-16-14(6-4-9-17)8-10-19-16/h3,5,7-8,10-11H,2,9,12,17H2,1H3. The highest BCUT2D eigenvalue weighted by atomic mass is 32.1. The number of ether oxygens (including phenoxy) is 1. The minimum absolute atomic E-state index is 0.384. The summed E-state index contributed by atoms with van der Waals surface area (Å²) in [5.74, 6) is 6.85. The molecule has 2 aromatic rings. The third-order valence-electron chi connectivity index (χ3n) is 2.75. The number of benzene rings is 1. The van der Waals surface area contributed by atoms with Gasteiger partial charge in [0.05, 0.1) is 11.4 Å². The molecule has 19 heavy (non-hydrogen) atoms. The second-order valence-corrected chi connectivity index (χ2v) is 5.05. The molecule has 2 nitrogen and oxygen atoms in total. The summed E-state index contributed by atoms with van der Waals surface area (Å²) in [5.41, 5.74) is 7.69. The fourth-order valence-corrected chi connectivity index (χ4v) is 2.46. The van der Waals surface area contributed by atoms with Crippen molar-refractivity contribution in [2.24, 2.45) is 5.73 Å². The molecule has 0 saturated heterocycles. The predicted octanol–water partition coefficient (Wildman–Crippen LogP) is 3.20. The van der Waals surface area contributed by atoms with Crippen LogP contribution in [0.15, 0.2) is 35.7 Å². The topological polar surface area (TPSA) is 35.2 Å². The van der Waals surface area contributed by atoms with Gasteiger partial charge in [-0.25, -0.2) is 0 Å². The van der Waals surface area contributed by atoms with Crippen LogP contribution < -0.4 is 10.5 Å². The van der Waals surface area contributed by atoms with E-state index in [2.05, 4.69) is 30.9 Å². The van der Waals surface area contributed by atoms with Crippen molar-refractivity contribution in [1.82, 2.24) is 0 Å². The molecule has 0 saturated carbocycles. The lowest BCUT2D eigenvalue weighted by Crippen LogP contribution is -1.96. The first kappa shape index (κ1) is 13.7. The fourth-order valence-electron chi connectivity index (χ4n) is 1.71. The molecule has 1 heterocycles. The zero-order chi connectivity index (χ0) is 13.5. The Hall–Kier alpha value is -1.76. The Bertz CT molecular complexity index is 592. The summed E-state index contributed by atoms with van der Waals surface area (Å²) in [7, 11) is 0. The summed E-state index contributed by atoms with van der Waals surface area (Å²) < 4.78 is 5.82. The molecule has 0 spiro atoms. The molecule has 2 rings (SSSR count). The van der Waals surface area contributed by atoms with E-state index < -0.39 is 0 Å². The first-order chi connectivity index (χ1) is 9.33. The summed E-state index contributed by atoms with van der Waals surface area (Å²) in [5, 5.41) is 2.03. The monoisotopic (exact) mass is 271 g/mol. The number of aryl methyl sites for hydroxylation is 1. The van der Waals surface area contributed by atoms with Gasteiger partial charge in [-0.15, -0.1) is 11.3 Å². The molecular formula is C16H17NOS. The zero-order valence-corrected chi connectivity index (χ0v) is 11.8. The lowest BCUT2D eigenvalue weighted by molar-refractivity contribution is 0.309. The van der Waals surface area contributed by atoms with Crippen LogP contribution in [0.3, 0.4) is 0 Å². The second kappa shape index (κ2) is 6.98. The van der Waals surface area contributed by atoms with Crippen LogP contribution in [0.2, 0.25) is 0 Å². The molecule has 0 aliphatic carbocycles. The van der Waals surface area contributed by atoms with Crippen LogP contribution in [0.1, 0.15) is 22.9 Å². The lowest BCUT2D eigenvalue weighted by Gasteiger charge is -2.06. The van der Waals surface area contributed by atoms with E-state index >= 15 is 0 Å². The van der Waals surface area contributed by atoms with Crippen LogP contribution in [0.4, 0.5) is 0 Å². The third kappa shape index (κ3) is 3.85. The first-order valence-electron chi connectivity index (χ1n) is 6.30. The first-order valence-corrected chi connectivity index (χ1v) is 7.18. The van der Waals surface area contributed by atoms with Gasteiger partial charge in [0, 0.05) is 5.56 Å². The molecule has 3 heteroatoms. The van der Waals surface area contributed by atoms with Gasteiger partial charge in [0.1, 0.15) is 12.4 Å². The molecule has 0 atom stereocenters. The van der Waals surface area contributed by atoms with Crippen LogP contribution in [0.5, 0.6) is 5.75 Å². The van der Waals surface area contributed by atoms with E-state index in [1.54, 1.807) is 11.3 Å². The normalized spacial score (nSPS) is 9.79. The maximum absolute atomic E-state index is 5.82. The number of hydrogen-bond donors (Lipinski definition) is 1. The summed E-state index contributed by atoms with van der Waals surface area (Å²) >= 11 is 1.66. The molecule has 0 radical (unpaired) electrons. The van der Waals surface area contributed by atoms with E-state index in [0.717, 1.165) is 22.6 Å². The van der Waals surface area contributed by atoms with Crippen LogP contribution in [-0.4, -0.2) is 6.54 Å². The van der Waals surface area contributed by atoms with Gasteiger partial charge in [0.2, 0.25) is 0 Å². The molecule has 0 amide bonds. The molecule has 1 aromatic heterocycles. The van der Waals surface area contributed by atoms with E-state index in [9.17, 15) is 0 Å². The molecule has 0 unspecified atom stereocenters. The lowest BCUT2D eigenvalue weighted by atomic mass is 10.2. The maximum Gasteiger partial charge on any atom is 0.124 e. The van der Waals surface area contributed by atoms with Crippen LogP contribution in [0.25, 0.3) is 0 Å². The minimum Gasteiger partial charge on any atom is -0.488 e. The van der Waals surface area contributed by atoms with Crippen LogP contribution in [-0.2, 0) is 13.0 Å². The van der Waals surface area contributed by atoms with Gasteiger partial charge in [-0.1, -0.05) is 30.9 Å². The number of hydrogen-bond acceptors (Lipinski definition) is 3. The Morgan fingerprint density at radius 1 is 1.32 bits per heavy atom. The second-order valence-electron chi connectivity index (χ2n) is 4.05. The molecule has 1 aromatic carbocycles. The van der Waals surface area contributed by atoms with Crippen molar-refractivity contribution >= 4 is 11.3 Å². The van der Waals surface area contributed by atoms with Crippen molar-refractivity contribution in [3.63, 3.8) is 0 Å². The van der Waals surface area contributed by atoms with Crippen LogP contribution in [0, 0.1) is 11.8 Å². The SMILES string of the molecule is CCc1cccc(OCc2sccc2C#CCN)c1. The van der Waals surface area contributed by atoms with Crippen molar-refractivity contribution in [2.45, 2.75) is 20.0 Å². The van der Waals surface area contributed by atoms with Crippen molar-refractivity contribution < 1.29 is 4.74 Å². The molecule has 0 fully saturated rings. The molecule has 0 aliphatic heterocycles. The van der Waals surface area contributed by atoms with Crippen molar-refractivity contribution in [3.8, 4) is 17.6 Å². The van der Waals surface area contributed by atoms with E-state index in [4.69, 9.17) is 10.5 Å². The summed E-state index contributed by atoms with van der Waals surface area (Å²) in [6, 6.07) is 10.2. The minimum atomic E-state index is 0.384. The molecule has 98 valence electrons. The van der Waals surface area contributed by atoms with Crippen LogP contribution >= 0.6 is 11.3 Å². The van der Waals surface area contributed by atoms with Gasteiger partial charge in [-0.3, -0.25) is 0 Å². The third-order valence-corrected chi connectivity index (χ3v) is 3.64.